The third-order valence-corrected chi connectivity index (χ3v) is 3.80. The summed E-state index contributed by atoms with van der Waals surface area (Å²) in [5, 5.41) is 3.62. The fraction of sp³-hybridized carbons (Fsp3) is 0.600. The Bertz CT molecular complexity index is 398. The van der Waals surface area contributed by atoms with E-state index in [-0.39, 0.29) is 0 Å². The molecule has 1 unspecified atom stereocenters. The smallest absolute Gasteiger partial charge is 0.125 e. The van der Waals surface area contributed by atoms with Gasteiger partial charge < -0.3 is 14.8 Å². The number of benzene rings is 1. The summed E-state index contributed by atoms with van der Waals surface area (Å²) in [5.74, 6) is 1.01. The van der Waals surface area contributed by atoms with Crippen LogP contribution < -0.4 is 10.1 Å². The molecule has 1 heterocycles. The molecule has 0 fully saturated rings. The quantitative estimate of drug-likeness (QED) is 0.808. The van der Waals surface area contributed by atoms with Gasteiger partial charge in [-0.15, -0.1) is 0 Å². The van der Waals surface area contributed by atoms with Crippen LogP contribution in [-0.2, 0) is 4.74 Å². The van der Waals surface area contributed by atoms with Crippen molar-refractivity contribution in [3.8, 4) is 5.75 Å². The first kappa shape index (κ1) is 14.8. The SMILES string of the molecule is CCOCCCNC1CCCOc2cc(Br)ccc21. The molecule has 106 valence electrons. The molecule has 0 spiro atoms. The van der Waals surface area contributed by atoms with E-state index in [2.05, 4.69) is 39.4 Å². The molecule has 1 aromatic rings. The average molecular weight is 328 g/mol. The lowest BCUT2D eigenvalue weighted by molar-refractivity contribution is 0.144. The Morgan fingerprint density at radius 2 is 2.37 bits per heavy atom. The Kier molecular flexibility index (Phi) is 6.14. The minimum Gasteiger partial charge on any atom is -0.493 e. The molecule has 0 amide bonds. The molecule has 0 bridgehead atoms. The summed E-state index contributed by atoms with van der Waals surface area (Å²) in [6.45, 7) is 5.46. The largest absolute Gasteiger partial charge is 0.493 e. The molecule has 2 rings (SSSR count). The summed E-state index contributed by atoms with van der Waals surface area (Å²) in [7, 11) is 0. The second kappa shape index (κ2) is 7.88. The molecule has 4 heteroatoms. The predicted molar refractivity (Wildman–Crippen MR) is 80.7 cm³/mol. The Labute approximate surface area is 123 Å². The van der Waals surface area contributed by atoms with Gasteiger partial charge in [0.2, 0.25) is 0 Å². The van der Waals surface area contributed by atoms with E-state index in [1.165, 1.54) is 5.56 Å². The standard InChI is InChI=1S/C15H22BrNO2/c1-2-18-9-4-8-17-14-5-3-10-19-15-11-12(16)6-7-13(14)15/h6-7,11,14,17H,2-5,8-10H2,1H3. The molecule has 1 atom stereocenters. The van der Waals surface area contributed by atoms with E-state index in [0.29, 0.717) is 6.04 Å². The number of hydrogen-bond donors (Lipinski definition) is 1. The monoisotopic (exact) mass is 327 g/mol. The molecule has 0 saturated heterocycles. The molecule has 0 saturated carbocycles. The van der Waals surface area contributed by atoms with Crippen molar-refractivity contribution in [2.75, 3.05) is 26.4 Å². The zero-order valence-electron chi connectivity index (χ0n) is 11.5. The minimum atomic E-state index is 0.396. The second-order valence-corrected chi connectivity index (χ2v) is 5.65. The molecular weight excluding hydrogens is 306 g/mol. The van der Waals surface area contributed by atoms with E-state index in [9.17, 15) is 0 Å². The summed E-state index contributed by atoms with van der Waals surface area (Å²) in [6.07, 6.45) is 3.27. The van der Waals surface area contributed by atoms with Gasteiger partial charge in [-0.05, 0) is 44.9 Å². The van der Waals surface area contributed by atoms with Crippen LogP contribution in [0.3, 0.4) is 0 Å². The van der Waals surface area contributed by atoms with Crippen LogP contribution in [0.4, 0.5) is 0 Å². The summed E-state index contributed by atoms with van der Waals surface area (Å²) in [5.41, 5.74) is 1.28. The molecule has 0 aliphatic carbocycles. The first-order valence-electron chi connectivity index (χ1n) is 7.04. The Morgan fingerprint density at radius 1 is 1.47 bits per heavy atom. The summed E-state index contributed by atoms with van der Waals surface area (Å²) in [4.78, 5) is 0. The molecular formula is C15H22BrNO2. The maximum atomic E-state index is 5.81. The number of rotatable bonds is 6. The van der Waals surface area contributed by atoms with Crippen molar-refractivity contribution in [3.63, 3.8) is 0 Å². The normalized spacial score (nSPS) is 18.5. The number of nitrogens with one attached hydrogen (secondary N) is 1. The van der Waals surface area contributed by atoms with E-state index >= 15 is 0 Å². The van der Waals surface area contributed by atoms with Crippen molar-refractivity contribution in [1.82, 2.24) is 5.32 Å². The summed E-state index contributed by atoms with van der Waals surface area (Å²) < 4.78 is 12.2. The van der Waals surface area contributed by atoms with Crippen LogP contribution in [0.2, 0.25) is 0 Å². The van der Waals surface area contributed by atoms with Crippen LogP contribution >= 0.6 is 15.9 Å². The van der Waals surface area contributed by atoms with E-state index in [0.717, 1.165) is 55.9 Å². The van der Waals surface area contributed by atoms with Gasteiger partial charge in [-0.2, -0.15) is 0 Å². The third-order valence-electron chi connectivity index (χ3n) is 3.31. The maximum absolute atomic E-state index is 5.81. The maximum Gasteiger partial charge on any atom is 0.125 e. The lowest BCUT2D eigenvalue weighted by Crippen LogP contribution is -2.23. The average Bonchev–Trinajstić information content (AvgIpc) is 2.60. The van der Waals surface area contributed by atoms with Crippen LogP contribution in [0.25, 0.3) is 0 Å². The van der Waals surface area contributed by atoms with Gasteiger partial charge in [0.05, 0.1) is 6.61 Å². The van der Waals surface area contributed by atoms with Crippen LogP contribution in [0.5, 0.6) is 5.75 Å². The minimum absolute atomic E-state index is 0.396. The summed E-state index contributed by atoms with van der Waals surface area (Å²) in [6, 6.07) is 6.70. The Balaban J connectivity index is 1.93. The Hall–Kier alpha value is -0.580. The van der Waals surface area contributed by atoms with Crippen LogP contribution in [0.1, 0.15) is 37.8 Å². The first-order chi connectivity index (χ1) is 9.31. The third kappa shape index (κ3) is 4.48. The van der Waals surface area contributed by atoms with Crippen LogP contribution in [-0.4, -0.2) is 26.4 Å². The fourth-order valence-electron chi connectivity index (χ4n) is 2.35. The Morgan fingerprint density at radius 3 is 3.21 bits per heavy atom. The molecule has 0 aromatic heterocycles. The van der Waals surface area contributed by atoms with Crippen molar-refractivity contribution in [2.24, 2.45) is 0 Å². The van der Waals surface area contributed by atoms with Crippen molar-refractivity contribution in [2.45, 2.75) is 32.2 Å². The van der Waals surface area contributed by atoms with Crippen LogP contribution in [0, 0.1) is 0 Å². The molecule has 0 radical (unpaired) electrons. The lowest BCUT2D eigenvalue weighted by atomic mass is 10.0. The van der Waals surface area contributed by atoms with Gasteiger partial charge >= 0.3 is 0 Å². The van der Waals surface area contributed by atoms with Gasteiger partial charge in [0.1, 0.15) is 5.75 Å². The number of ether oxygens (including phenoxy) is 2. The van der Waals surface area contributed by atoms with E-state index in [1.807, 2.05) is 6.92 Å². The van der Waals surface area contributed by atoms with E-state index in [4.69, 9.17) is 9.47 Å². The van der Waals surface area contributed by atoms with Gasteiger partial charge in [-0.1, -0.05) is 22.0 Å². The van der Waals surface area contributed by atoms with Gasteiger partial charge in [-0.3, -0.25) is 0 Å². The van der Waals surface area contributed by atoms with Crippen molar-refractivity contribution in [3.05, 3.63) is 28.2 Å². The van der Waals surface area contributed by atoms with Crippen molar-refractivity contribution >= 4 is 15.9 Å². The van der Waals surface area contributed by atoms with E-state index < -0.39 is 0 Å². The topological polar surface area (TPSA) is 30.5 Å². The van der Waals surface area contributed by atoms with Gasteiger partial charge in [0.25, 0.3) is 0 Å². The highest BCUT2D eigenvalue weighted by Gasteiger charge is 2.19. The highest BCUT2D eigenvalue weighted by molar-refractivity contribution is 9.10. The molecule has 1 aliphatic heterocycles. The van der Waals surface area contributed by atoms with E-state index in [1.54, 1.807) is 0 Å². The fourth-order valence-corrected chi connectivity index (χ4v) is 2.69. The summed E-state index contributed by atoms with van der Waals surface area (Å²) >= 11 is 3.50. The van der Waals surface area contributed by atoms with Gasteiger partial charge in [0, 0.05) is 29.3 Å². The number of fused-ring (bicyclic) bond motifs is 1. The lowest BCUT2D eigenvalue weighted by Gasteiger charge is -2.18. The van der Waals surface area contributed by atoms with Crippen LogP contribution in [0.15, 0.2) is 22.7 Å². The highest BCUT2D eigenvalue weighted by atomic mass is 79.9. The van der Waals surface area contributed by atoms with Gasteiger partial charge in [0.15, 0.2) is 0 Å². The highest BCUT2D eigenvalue weighted by Crippen LogP contribution is 2.33. The number of halogens is 1. The zero-order valence-corrected chi connectivity index (χ0v) is 13.0. The van der Waals surface area contributed by atoms with Crippen molar-refractivity contribution < 1.29 is 9.47 Å². The predicted octanol–water partition coefficient (Wildman–Crippen LogP) is 3.68. The number of hydrogen-bond acceptors (Lipinski definition) is 3. The second-order valence-electron chi connectivity index (χ2n) is 4.73. The van der Waals surface area contributed by atoms with Gasteiger partial charge in [-0.25, -0.2) is 0 Å². The molecule has 1 N–H and O–H groups in total. The molecule has 19 heavy (non-hydrogen) atoms. The molecule has 1 aliphatic rings. The molecule has 1 aromatic carbocycles. The molecule has 3 nitrogen and oxygen atoms in total. The first-order valence-corrected chi connectivity index (χ1v) is 7.84. The zero-order chi connectivity index (χ0) is 13.5. The van der Waals surface area contributed by atoms with Crippen molar-refractivity contribution in [1.29, 1.82) is 0 Å².